The van der Waals surface area contributed by atoms with Gasteiger partial charge >= 0.3 is 0 Å². The van der Waals surface area contributed by atoms with Crippen LogP contribution < -0.4 is 52.6 Å². The zero-order valence-electron chi connectivity index (χ0n) is 53.0. The van der Waals surface area contributed by atoms with Gasteiger partial charge in [0.25, 0.3) is 0 Å². The molecule has 23 N–H and O–H groups in total. The van der Waals surface area contributed by atoms with Crippen LogP contribution >= 0.6 is 0 Å². The minimum Gasteiger partial charge on any atom is -0.462 e. The van der Waals surface area contributed by atoms with Gasteiger partial charge in [0.1, 0.15) is 121 Å². The highest BCUT2D eigenvalue weighted by Crippen LogP contribution is 2.35. The van der Waals surface area contributed by atoms with Crippen molar-refractivity contribution in [3.05, 3.63) is 65.7 Å². The van der Waals surface area contributed by atoms with E-state index in [1.165, 1.54) is 24.3 Å². The molecule has 97 heavy (non-hydrogen) atoms. The van der Waals surface area contributed by atoms with Crippen molar-refractivity contribution in [2.75, 3.05) is 46.1 Å². The van der Waals surface area contributed by atoms with Crippen molar-refractivity contribution in [2.24, 2.45) is 5.92 Å². The number of aliphatic hydroxyl groups excluding tert-OH is 12. The van der Waals surface area contributed by atoms with Crippen molar-refractivity contribution in [1.29, 1.82) is 10.8 Å². The third-order valence-corrected chi connectivity index (χ3v) is 18.0. The van der Waals surface area contributed by atoms with E-state index in [1.807, 2.05) is 13.8 Å². The summed E-state index contributed by atoms with van der Waals surface area (Å²) in [6.45, 7) is 1.05. The molecule has 0 bridgehead atoms. The van der Waals surface area contributed by atoms with Crippen LogP contribution in [-0.2, 0) is 63.6 Å². The molecule has 0 spiro atoms. The van der Waals surface area contributed by atoms with Crippen molar-refractivity contribution in [2.45, 2.75) is 199 Å². The van der Waals surface area contributed by atoms with E-state index in [0.29, 0.717) is 12.0 Å². The molecule has 2 aromatic carbocycles. The molecule has 0 aliphatic carbocycles. The largest absolute Gasteiger partial charge is 0.462 e. The molecule has 9 rings (SSSR count). The fourth-order valence-corrected chi connectivity index (χ4v) is 12.7. The molecule has 7 aliphatic heterocycles. The molecule has 0 saturated carbocycles. The number of rotatable bonds is 19. The predicted molar refractivity (Wildman–Crippen MR) is 327 cm³/mol. The Bertz CT molecular complexity index is 3050. The second-order valence-electron chi connectivity index (χ2n) is 25.2. The Morgan fingerprint density at radius 3 is 1.91 bits per heavy atom. The summed E-state index contributed by atoms with van der Waals surface area (Å²) in [5.74, 6) is -8.90. The SMILES string of the molecule is CCC(c1ccccc1)C1NC(=O)CNC(=O)C(CO)NC(=O)C(C(O)C2CNC(=N)N2C2OC(CO)C(O)C(O)C2O)NC(=O)C(C(O)C2CNC(=N)N2)NC(=O)C(Cc2ccc(OC3OC(CO)C(OC4OC5COC(CC(C)C)OC5C(O)C4O)C(O)C3O)cc2)NC1=O. The second kappa shape index (κ2) is 32.7. The Morgan fingerprint density at radius 2 is 1.26 bits per heavy atom. The highest BCUT2D eigenvalue weighted by molar-refractivity contribution is 5.98. The Hall–Kier alpha value is -7.12. The molecule has 26 atom stereocenters. The molecule has 538 valence electrons. The van der Waals surface area contributed by atoms with Crippen LogP contribution in [0.1, 0.15) is 50.7 Å². The number of hydrogen-bond donors (Lipinski definition) is 23. The summed E-state index contributed by atoms with van der Waals surface area (Å²) in [5, 5.41) is 172. The van der Waals surface area contributed by atoms with Gasteiger partial charge in [0.05, 0.1) is 45.1 Å². The Labute approximate surface area is 554 Å². The maximum absolute atomic E-state index is 15.2. The molecular formula is C60H88N12O25. The topological polar surface area (TPSA) is 569 Å². The molecule has 7 aliphatic rings. The van der Waals surface area contributed by atoms with E-state index < -0.39 is 239 Å². The molecule has 7 heterocycles. The number of benzene rings is 2. The summed E-state index contributed by atoms with van der Waals surface area (Å²) >= 11 is 0. The first-order valence-electron chi connectivity index (χ1n) is 31.9. The summed E-state index contributed by atoms with van der Waals surface area (Å²) in [6, 6.07) is 1.12. The summed E-state index contributed by atoms with van der Waals surface area (Å²) in [6.07, 6.45) is -29.5. The number of fused-ring (bicyclic) bond motifs is 1. The normalized spacial score (nSPS) is 37.5. The number of nitrogens with zero attached hydrogens (tertiary/aromatic N) is 1. The van der Waals surface area contributed by atoms with E-state index in [2.05, 4.69) is 47.9 Å². The van der Waals surface area contributed by atoms with Crippen LogP contribution in [0, 0.1) is 16.7 Å². The van der Waals surface area contributed by atoms with Crippen molar-refractivity contribution in [3.8, 4) is 5.75 Å². The zero-order chi connectivity index (χ0) is 70.3. The maximum atomic E-state index is 15.2. The lowest BCUT2D eigenvalue weighted by Gasteiger charge is -2.48. The Balaban J connectivity index is 1.00. The number of amides is 6. The van der Waals surface area contributed by atoms with Gasteiger partial charge in [-0.3, -0.25) is 39.6 Å². The number of nitrogens with one attached hydrogen (secondary N) is 11. The zero-order valence-corrected chi connectivity index (χ0v) is 53.0. The van der Waals surface area contributed by atoms with Crippen LogP contribution in [0.25, 0.3) is 0 Å². The van der Waals surface area contributed by atoms with Crippen molar-refractivity contribution < 1.29 is 123 Å². The molecule has 2 aromatic rings. The molecule has 37 heteroatoms. The fraction of sp³-hybridized carbons (Fsp3) is 0.667. The average Bonchev–Trinajstić information content (AvgIpc) is 1.76. The number of aliphatic hydroxyl groups is 12. The van der Waals surface area contributed by atoms with Gasteiger partial charge in [0.2, 0.25) is 41.7 Å². The standard InChI is InChI=1S/C60H88N12O25/c1-4-27(25-8-6-5-7-9-25)37-53(88)66-28(15-24-10-12-26(13-11-24)92-57-47(84)44(81)49(33(21-75)94-57)97-58-48(85)45(82)50-34(95-58)22-91-36(96-50)14-23(2)3)52(87)70-38(40(77)29-16-64-59(61)68-29)55(90)71-39(54(89)67-30(19-73)51(86)63-18-35(76)69-37)41(78)31-17-65-60(62)72(31)56-46(83)43(80)42(79)32(20-74)93-56/h5-13,23,27-34,36-50,56-58,73-75,77-85H,4,14-22H2,1-3H3,(H2,62,65)(H,63,86)(H,66,88)(H,67,89)(H,69,76)(H,70,87)(H,71,90)(H3,61,64,68). The van der Waals surface area contributed by atoms with Crippen LogP contribution in [0.5, 0.6) is 5.75 Å². The van der Waals surface area contributed by atoms with E-state index in [-0.39, 0.29) is 42.8 Å². The van der Waals surface area contributed by atoms with E-state index in [4.69, 9.17) is 44.0 Å². The van der Waals surface area contributed by atoms with Gasteiger partial charge in [-0.05, 0) is 35.6 Å². The van der Waals surface area contributed by atoms with Gasteiger partial charge in [0.15, 0.2) is 30.7 Å². The minimum absolute atomic E-state index is 0.0375. The van der Waals surface area contributed by atoms with Crippen LogP contribution in [0.2, 0.25) is 0 Å². The first-order valence-corrected chi connectivity index (χ1v) is 31.9. The summed E-state index contributed by atoms with van der Waals surface area (Å²) in [4.78, 5) is 88.6. The van der Waals surface area contributed by atoms with Gasteiger partial charge in [0, 0.05) is 31.8 Å². The van der Waals surface area contributed by atoms with E-state index in [9.17, 15) is 75.7 Å². The Morgan fingerprint density at radius 1 is 0.608 bits per heavy atom. The summed E-state index contributed by atoms with van der Waals surface area (Å²) in [5.41, 5.74) is 0.774. The minimum atomic E-state index is -2.35. The number of guanidine groups is 2. The molecular weight excluding hydrogens is 1290 g/mol. The van der Waals surface area contributed by atoms with Crippen LogP contribution in [0.15, 0.2) is 54.6 Å². The van der Waals surface area contributed by atoms with Crippen LogP contribution in [0.4, 0.5) is 0 Å². The van der Waals surface area contributed by atoms with Crippen LogP contribution in [-0.4, -0.2) is 312 Å². The third kappa shape index (κ3) is 17.0. The lowest BCUT2D eigenvalue weighted by molar-refractivity contribution is -0.382. The highest BCUT2D eigenvalue weighted by Gasteiger charge is 2.55. The van der Waals surface area contributed by atoms with Gasteiger partial charge in [-0.2, -0.15) is 0 Å². The number of carbonyl (C=O) groups excluding carboxylic acids is 6. The summed E-state index contributed by atoms with van der Waals surface area (Å²) < 4.78 is 41.0. The predicted octanol–water partition coefficient (Wildman–Crippen LogP) is -10.4. The summed E-state index contributed by atoms with van der Waals surface area (Å²) in [7, 11) is 0. The smallest absolute Gasteiger partial charge is 0.246 e. The Kier molecular flexibility index (Phi) is 25.0. The van der Waals surface area contributed by atoms with Crippen molar-refractivity contribution in [3.63, 3.8) is 0 Å². The quantitative estimate of drug-likeness (QED) is 0.0621. The maximum Gasteiger partial charge on any atom is 0.246 e. The monoisotopic (exact) mass is 1380 g/mol. The molecule has 6 amide bonds. The van der Waals surface area contributed by atoms with E-state index >= 15 is 14.4 Å². The van der Waals surface area contributed by atoms with Gasteiger partial charge in [-0.15, -0.1) is 0 Å². The molecule has 37 nitrogen and oxygen atoms in total. The first kappa shape index (κ1) is 74.1. The number of hydrogen-bond acceptors (Lipinski definition) is 27. The van der Waals surface area contributed by atoms with Crippen molar-refractivity contribution in [1.82, 2.24) is 52.8 Å². The molecule has 7 fully saturated rings. The number of carbonyl (C=O) groups is 6. The van der Waals surface area contributed by atoms with Crippen LogP contribution in [0.3, 0.4) is 0 Å². The van der Waals surface area contributed by atoms with E-state index in [1.54, 1.807) is 37.3 Å². The van der Waals surface area contributed by atoms with E-state index in [0.717, 1.165) is 4.90 Å². The molecule has 26 unspecified atom stereocenters. The average molecular weight is 1380 g/mol. The highest BCUT2D eigenvalue weighted by atomic mass is 16.8. The van der Waals surface area contributed by atoms with Gasteiger partial charge in [-0.25, -0.2) is 0 Å². The van der Waals surface area contributed by atoms with Gasteiger partial charge in [-0.1, -0.05) is 63.2 Å². The van der Waals surface area contributed by atoms with Gasteiger partial charge < -0.3 is 147 Å². The lowest BCUT2D eigenvalue weighted by atomic mass is 9.88. The first-order chi connectivity index (χ1) is 46.2. The lowest BCUT2D eigenvalue weighted by Crippen LogP contribution is -2.69. The number of ether oxygens (including phenoxy) is 7. The third-order valence-electron chi connectivity index (χ3n) is 18.0. The molecule has 0 aromatic heterocycles. The molecule has 0 radical (unpaired) electrons. The fourth-order valence-electron chi connectivity index (χ4n) is 12.7. The second-order valence-corrected chi connectivity index (χ2v) is 25.2. The molecule has 7 saturated heterocycles. The van der Waals surface area contributed by atoms with Crippen molar-refractivity contribution >= 4 is 47.4 Å².